The standard InChI is InChI=1S/C25H16N4OS/c26-16-19(17-27)25-28-24(30)23(31-25)15-18-11-13-22(14-12-18)29(20-7-3-1-4-8-20)21-9-5-2-6-10-21/h1-15H,(H,28,30)/b23-15+. The number of hydrogen-bond acceptors (Lipinski definition) is 5. The van der Waals surface area contributed by atoms with Gasteiger partial charge >= 0.3 is 0 Å². The minimum absolute atomic E-state index is 0.0986. The van der Waals surface area contributed by atoms with Crippen molar-refractivity contribution in [1.29, 1.82) is 10.5 Å². The Bertz CT molecular complexity index is 1400. The maximum atomic E-state index is 12.2. The zero-order valence-corrected chi connectivity index (χ0v) is 17.1. The van der Waals surface area contributed by atoms with Gasteiger partial charge < -0.3 is 9.88 Å². The molecule has 1 heterocycles. The number of para-hydroxylation sites is 2. The maximum absolute atomic E-state index is 12.2. The van der Waals surface area contributed by atoms with E-state index in [0.29, 0.717) is 4.53 Å². The molecular formula is C25H16N4OS. The Labute approximate surface area is 182 Å². The van der Waals surface area contributed by atoms with Gasteiger partial charge in [0.1, 0.15) is 16.8 Å². The first-order valence-electron chi connectivity index (χ1n) is 9.45. The molecular weight excluding hydrogens is 404 g/mol. The Morgan fingerprint density at radius 2 is 1.32 bits per heavy atom. The highest BCUT2D eigenvalue weighted by atomic mass is 32.1. The van der Waals surface area contributed by atoms with Crippen LogP contribution in [0.5, 0.6) is 0 Å². The monoisotopic (exact) mass is 420 g/mol. The second-order valence-electron chi connectivity index (χ2n) is 6.59. The van der Waals surface area contributed by atoms with Crippen molar-refractivity contribution in [3.8, 4) is 12.1 Å². The molecule has 0 unspecified atom stereocenters. The number of anilines is 3. The lowest BCUT2D eigenvalue weighted by Gasteiger charge is -2.25. The number of rotatable bonds is 4. The van der Waals surface area contributed by atoms with Crippen LogP contribution in [-0.2, 0) is 0 Å². The van der Waals surface area contributed by atoms with E-state index >= 15 is 0 Å². The summed E-state index contributed by atoms with van der Waals surface area (Å²) in [6.45, 7) is 0. The molecule has 4 aromatic rings. The summed E-state index contributed by atoms with van der Waals surface area (Å²) >= 11 is 1.10. The average Bonchev–Trinajstić information content (AvgIpc) is 3.17. The van der Waals surface area contributed by atoms with Crippen molar-refractivity contribution in [3.63, 3.8) is 0 Å². The van der Waals surface area contributed by atoms with Crippen molar-refractivity contribution in [3.05, 3.63) is 110 Å². The fourth-order valence-corrected chi connectivity index (χ4v) is 4.05. The summed E-state index contributed by atoms with van der Waals surface area (Å²) < 4.78 is 0.714. The third-order valence-corrected chi connectivity index (χ3v) is 5.62. The fourth-order valence-electron chi connectivity index (χ4n) is 3.15. The van der Waals surface area contributed by atoms with E-state index in [2.05, 4.69) is 34.1 Å². The lowest BCUT2D eigenvalue weighted by atomic mass is 10.1. The Morgan fingerprint density at radius 3 is 1.84 bits per heavy atom. The quantitative estimate of drug-likeness (QED) is 0.542. The predicted octanol–water partition coefficient (Wildman–Crippen LogP) is 3.93. The number of thiazole rings is 1. The van der Waals surface area contributed by atoms with Crippen molar-refractivity contribution in [2.75, 3.05) is 4.90 Å². The van der Waals surface area contributed by atoms with E-state index in [4.69, 9.17) is 10.5 Å². The van der Waals surface area contributed by atoms with E-state index < -0.39 is 0 Å². The molecule has 31 heavy (non-hydrogen) atoms. The van der Waals surface area contributed by atoms with E-state index in [1.165, 1.54) is 0 Å². The molecule has 0 fully saturated rings. The van der Waals surface area contributed by atoms with Gasteiger partial charge in [-0.1, -0.05) is 48.5 Å². The van der Waals surface area contributed by atoms with Crippen LogP contribution in [0.15, 0.2) is 89.7 Å². The third-order valence-electron chi connectivity index (χ3n) is 4.59. The van der Waals surface area contributed by atoms with E-state index in [9.17, 15) is 4.79 Å². The van der Waals surface area contributed by atoms with Crippen molar-refractivity contribution in [1.82, 2.24) is 4.98 Å². The van der Waals surface area contributed by atoms with Crippen LogP contribution in [0.2, 0.25) is 0 Å². The number of benzene rings is 3. The van der Waals surface area contributed by atoms with Gasteiger partial charge in [0.15, 0.2) is 5.57 Å². The first kappa shape index (κ1) is 19.9. The van der Waals surface area contributed by atoms with Crippen LogP contribution in [0.3, 0.4) is 0 Å². The molecule has 0 aliphatic heterocycles. The molecule has 6 heteroatoms. The topological polar surface area (TPSA) is 83.7 Å². The number of nitriles is 2. The average molecular weight is 420 g/mol. The van der Waals surface area contributed by atoms with Gasteiger partial charge in [-0.25, -0.2) is 0 Å². The molecule has 0 bridgehead atoms. The molecule has 4 rings (SSSR count). The van der Waals surface area contributed by atoms with Crippen LogP contribution < -0.4 is 19.7 Å². The van der Waals surface area contributed by atoms with Gasteiger partial charge in [0.05, 0.1) is 4.53 Å². The molecule has 0 radical (unpaired) electrons. The number of H-pyrrole nitrogens is 1. The van der Waals surface area contributed by atoms with Crippen LogP contribution in [0, 0.1) is 22.7 Å². The summed E-state index contributed by atoms with van der Waals surface area (Å²) in [6, 6.07) is 31.7. The number of nitrogens with zero attached hydrogens (tertiary/aromatic N) is 3. The minimum atomic E-state index is -0.317. The largest absolute Gasteiger partial charge is 0.311 e. The minimum Gasteiger partial charge on any atom is -0.311 e. The van der Waals surface area contributed by atoms with Crippen LogP contribution >= 0.6 is 11.3 Å². The van der Waals surface area contributed by atoms with Crippen molar-refractivity contribution >= 4 is 40.0 Å². The highest BCUT2D eigenvalue weighted by Gasteiger charge is 2.11. The van der Waals surface area contributed by atoms with Crippen LogP contribution in [0.25, 0.3) is 11.6 Å². The van der Waals surface area contributed by atoms with Gasteiger partial charge in [0.25, 0.3) is 5.56 Å². The molecule has 0 aliphatic carbocycles. The summed E-state index contributed by atoms with van der Waals surface area (Å²) in [5.74, 6) is 0. The highest BCUT2D eigenvalue weighted by molar-refractivity contribution is 7.07. The highest BCUT2D eigenvalue weighted by Crippen LogP contribution is 2.33. The van der Waals surface area contributed by atoms with Gasteiger partial charge in [-0.2, -0.15) is 10.5 Å². The molecule has 5 nitrogen and oxygen atoms in total. The van der Waals surface area contributed by atoms with E-state index in [-0.39, 0.29) is 15.8 Å². The molecule has 148 valence electrons. The fraction of sp³-hybridized carbons (Fsp3) is 0. The number of nitrogens with one attached hydrogen (secondary N) is 1. The molecule has 0 aliphatic rings. The van der Waals surface area contributed by atoms with Crippen LogP contribution in [-0.4, -0.2) is 4.98 Å². The lowest BCUT2D eigenvalue weighted by molar-refractivity contribution is 1.25. The van der Waals surface area contributed by atoms with Crippen molar-refractivity contribution in [2.24, 2.45) is 0 Å². The van der Waals surface area contributed by atoms with Gasteiger partial charge in [0, 0.05) is 17.1 Å². The number of aromatic nitrogens is 1. The van der Waals surface area contributed by atoms with Gasteiger partial charge in [-0.05, 0) is 48.0 Å². The SMILES string of the molecule is N#CC(C#N)=c1[nH]c(=O)/c(=C\c2ccc(N(c3ccccc3)c3ccccc3)cc2)s1. The van der Waals surface area contributed by atoms with E-state index in [1.54, 1.807) is 18.2 Å². The zero-order valence-electron chi connectivity index (χ0n) is 16.3. The number of aromatic amines is 1. The molecule has 0 saturated carbocycles. The number of hydrogen-bond donors (Lipinski definition) is 1. The first-order valence-corrected chi connectivity index (χ1v) is 10.3. The zero-order chi connectivity index (χ0) is 21.6. The Morgan fingerprint density at radius 1 is 0.806 bits per heavy atom. The summed E-state index contributed by atoms with van der Waals surface area (Å²) in [6.07, 6.45) is 1.75. The van der Waals surface area contributed by atoms with Gasteiger partial charge in [-0.3, -0.25) is 4.79 Å². The summed E-state index contributed by atoms with van der Waals surface area (Å²) in [7, 11) is 0. The molecule has 0 spiro atoms. The Balaban J connectivity index is 1.75. The molecule has 3 aromatic carbocycles. The van der Waals surface area contributed by atoms with Gasteiger partial charge in [-0.15, -0.1) is 11.3 Å². The smallest absolute Gasteiger partial charge is 0.266 e. The summed E-state index contributed by atoms with van der Waals surface area (Å²) in [5.41, 5.74) is 3.50. The second kappa shape index (κ2) is 8.96. The van der Waals surface area contributed by atoms with E-state index in [1.807, 2.05) is 60.7 Å². The van der Waals surface area contributed by atoms with Crippen molar-refractivity contribution < 1.29 is 0 Å². The molecule has 1 N–H and O–H groups in total. The maximum Gasteiger partial charge on any atom is 0.266 e. The molecule has 0 atom stereocenters. The van der Waals surface area contributed by atoms with Gasteiger partial charge in [0.2, 0.25) is 0 Å². The second-order valence-corrected chi connectivity index (χ2v) is 7.64. The van der Waals surface area contributed by atoms with E-state index in [0.717, 1.165) is 34.0 Å². The molecule has 1 aromatic heterocycles. The summed E-state index contributed by atoms with van der Waals surface area (Å²) in [4.78, 5) is 16.9. The normalized spacial score (nSPS) is 10.8. The third kappa shape index (κ3) is 4.30. The van der Waals surface area contributed by atoms with Crippen molar-refractivity contribution in [2.45, 2.75) is 0 Å². The van der Waals surface area contributed by atoms with Crippen LogP contribution in [0.4, 0.5) is 17.1 Å². The Kier molecular flexibility index (Phi) is 5.75. The first-order chi connectivity index (χ1) is 15.2. The molecule has 0 amide bonds. The molecule has 0 saturated heterocycles. The predicted molar refractivity (Wildman–Crippen MR) is 124 cm³/mol. The lowest BCUT2D eigenvalue weighted by Crippen LogP contribution is -2.20. The Hall–Kier alpha value is -4.39. The van der Waals surface area contributed by atoms with Crippen LogP contribution in [0.1, 0.15) is 5.56 Å². The summed E-state index contributed by atoms with van der Waals surface area (Å²) in [5, 5.41) is 18.0.